The number of rotatable bonds is 3. The molecule has 0 aliphatic carbocycles. The van der Waals surface area contributed by atoms with Crippen LogP contribution in [0.1, 0.15) is 33.0 Å². The summed E-state index contributed by atoms with van der Waals surface area (Å²) in [6.07, 6.45) is 0.929. The molecule has 0 saturated heterocycles. The van der Waals surface area contributed by atoms with Crippen LogP contribution in [0.15, 0.2) is 18.2 Å². The molecule has 0 atom stereocenters. The molecule has 0 spiro atoms. The molecule has 0 aliphatic heterocycles. The van der Waals surface area contributed by atoms with Crippen LogP contribution >= 0.6 is 11.6 Å². The molecule has 0 N–H and O–H groups in total. The van der Waals surface area contributed by atoms with E-state index >= 15 is 0 Å². The molecule has 0 bridgehead atoms. The Kier molecular flexibility index (Phi) is 3.13. The van der Waals surface area contributed by atoms with Crippen LogP contribution in [-0.4, -0.2) is 9.55 Å². The molecule has 2 nitrogen and oxygen atoms in total. The van der Waals surface area contributed by atoms with Gasteiger partial charge in [0.05, 0.1) is 16.9 Å². The zero-order chi connectivity index (χ0) is 12.6. The van der Waals surface area contributed by atoms with Gasteiger partial charge >= 0.3 is 0 Å². The summed E-state index contributed by atoms with van der Waals surface area (Å²) in [5.74, 6) is 0.880. The minimum Gasteiger partial charge on any atom is -0.321 e. The Labute approximate surface area is 105 Å². The second-order valence-electron chi connectivity index (χ2n) is 4.80. The first-order valence-electron chi connectivity index (χ1n) is 5.73. The average molecular weight is 255 g/mol. The average Bonchev–Trinajstić information content (AvgIpc) is 2.67. The summed E-state index contributed by atoms with van der Waals surface area (Å²) in [7, 11) is 0. The molecule has 0 fully saturated rings. The Balaban J connectivity index is 2.77. The van der Waals surface area contributed by atoms with Gasteiger partial charge in [0.2, 0.25) is 0 Å². The van der Waals surface area contributed by atoms with E-state index in [0.29, 0.717) is 5.88 Å². The number of aromatic nitrogens is 2. The highest BCUT2D eigenvalue weighted by Gasteiger charge is 2.24. The van der Waals surface area contributed by atoms with Crippen LogP contribution < -0.4 is 0 Å². The first-order valence-corrected chi connectivity index (χ1v) is 6.26. The van der Waals surface area contributed by atoms with Gasteiger partial charge in [-0.1, -0.05) is 6.92 Å². The SMILES string of the molecule is CCC(C)(C)n1c(CCl)nc2ccc(F)cc21. The zero-order valence-corrected chi connectivity index (χ0v) is 11.1. The lowest BCUT2D eigenvalue weighted by Gasteiger charge is -2.27. The summed E-state index contributed by atoms with van der Waals surface area (Å²) in [5, 5.41) is 0. The summed E-state index contributed by atoms with van der Waals surface area (Å²) in [4.78, 5) is 4.45. The fourth-order valence-electron chi connectivity index (χ4n) is 2.02. The Morgan fingerprint density at radius 2 is 2.12 bits per heavy atom. The van der Waals surface area contributed by atoms with Crippen LogP contribution in [0.25, 0.3) is 11.0 Å². The van der Waals surface area contributed by atoms with Crippen molar-refractivity contribution in [2.24, 2.45) is 0 Å². The number of benzene rings is 1. The third kappa shape index (κ3) is 2.04. The van der Waals surface area contributed by atoms with Gasteiger partial charge in [0, 0.05) is 5.54 Å². The maximum Gasteiger partial charge on any atom is 0.125 e. The van der Waals surface area contributed by atoms with Crippen molar-refractivity contribution in [3.8, 4) is 0 Å². The fraction of sp³-hybridized carbons (Fsp3) is 0.462. The third-order valence-electron chi connectivity index (χ3n) is 3.28. The van der Waals surface area contributed by atoms with Gasteiger partial charge in [0.15, 0.2) is 0 Å². The van der Waals surface area contributed by atoms with E-state index in [1.165, 1.54) is 12.1 Å². The number of hydrogen-bond donors (Lipinski definition) is 0. The van der Waals surface area contributed by atoms with E-state index in [-0.39, 0.29) is 11.4 Å². The molecular weight excluding hydrogens is 239 g/mol. The molecule has 0 radical (unpaired) electrons. The van der Waals surface area contributed by atoms with Gasteiger partial charge in [0.1, 0.15) is 11.6 Å². The molecule has 0 aliphatic rings. The second kappa shape index (κ2) is 4.30. The molecule has 0 unspecified atom stereocenters. The lowest BCUT2D eigenvalue weighted by Crippen LogP contribution is -2.26. The summed E-state index contributed by atoms with van der Waals surface area (Å²) < 4.78 is 15.4. The molecule has 4 heteroatoms. The van der Waals surface area contributed by atoms with E-state index in [1.54, 1.807) is 6.07 Å². The minimum atomic E-state index is -0.244. The van der Waals surface area contributed by atoms with Crippen molar-refractivity contribution in [2.45, 2.75) is 38.6 Å². The van der Waals surface area contributed by atoms with Gasteiger partial charge < -0.3 is 4.57 Å². The van der Waals surface area contributed by atoms with E-state index < -0.39 is 0 Å². The van der Waals surface area contributed by atoms with Gasteiger partial charge in [-0.2, -0.15) is 0 Å². The molecule has 92 valence electrons. The van der Waals surface area contributed by atoms with Crippen molar-refractivity contribution in [3.63, 3.8) is 0 Å². The molecular formula is C13H16ClFN2. The lowest BCUT2D eigenvalue weighted by molar-refractivity contribution is 0.344. The Morgan fingerprint density at radius 3 is 2.71 bits per heavy atom. The summed E-state index contributed by atoms with van der Waals surface area (Å²) >= 11 is 5.93. The molecule has 0 amide bonds. The third-order valence-corrected chi connectivity index (χ3v) is 3.52. The predicted molar refractivity (Wildman–Crippen MR) is 68.9 cm³/mol. The van der Waals surface area contributed by atoms with E-state index in [1.807, 2.05) is 4.57 Å². The number of halogens is 2. The van der Waals surface area contributed by atoms with E-state index in [0.717, 1.165) is 23.3 Å². The highest BCUT2D eigenvalue weighted by atomic mass is 35.5. The van der Waals surface area contributed by atoms with E-state index in [9.17, 15) is 4.39 Å². The zero-order valence-electron chi connectivity index (χ0n) is 10.3. The van der Waals surface area contributed by atoms with Crippen LogP contribution in [0.5, 0.6) is 0 Å². The number of hydrogen-bond acceptors (Lipinski definition) is 1. The van der Waals surface area contributed by atoms with Gasteiger partial charge in [-0.25, -0.2) is 9.37 Å². The molecule has 2 rings (SSSR count). The number of nitrogens with zero attached hydrogens (tertiary/aromatic N) is 2. The quantitative estimate of drug-likeness (QED) is 0.756. The van der Waals surface area contributed by atoms with Crippen LogP contribution in [-0.2, 0) is 11.4 Å². The number of alkyl halides is 1. The second-order valence-corrected chi connectivity index (χ2v) is 5.06. The van der Waals surface area contributed by atoms with Crippen molar-refractivity contribution in [2.75, 3.05) is 0 Å². The smallest absolute Gasteiger partial charge is 0.125 e. The first-order chi connectivity index (χ1) is 7.99. The van der Waals surface area contributed by atoms with E-state index in [4.69, 9.17) is 11.6 Å². The standard InChI is InChI=1S/C13H16ClFN2/c1-4-13(2,3)17-11-7-9(15)5-6-10(11)16-12(17)8-14/h5-7H,4,8H2,1-3H3. The van der Waals surface area contributed by atoms with E-state index in [2.05, 4.69) is 25.8 Å². The molecule has 0 saturated carbocycles. The minimum absolute atomic E-state index is 0.118. The number of fused-ring (bicyclic) bond motifs is 1. The van der Waals surface area contributed by atoms with Gasteiger partial charge in [-0.15, -0.1) is 11.6 Å². The van der Waals surface area contributed by atoms with Crippen molar-refractivity contribution in [1.82, 2.24) is 9.55 Å². The Bertz CT molecular complexity index is 546. The molecule has 17 heavy (non-hydrogen) atoms. The van der Waals surface area contributed by atoms with Crippen LogP contribution in [0.4, 0.5) is 4.39 Å². The van der Waals surface area contributed by atoms with Crippen molar-refractivity contribution >= 4 is 22.6 Å². The Morgan fingerprint density at radius 1 is 1.41 bits per heavy atom. The van der Waals surface area contributed by atoms with Crippen LogP contribution in [0.2, 0.25) is 0 Å². The molecule has 1 heterocycles. The lowest BCUT2D eigenvalue weighted by atomic mass is 10.0. The fourth-order valence-corrected chi connectivity index (χ4v) is 2.20. The van der Waals surface area contributed by atoms with Gasteiger partial charge in [-0.05, 0) is 38.5 Å². The highest BCUT2D eigenvalue weighted by Crippen LogP contribution is 2.29. The first kappa shape index (κ1) is 12.4. The molecule has 1 aromatic carbocycles. The maximum absolute atomic E-state index is 13.3. The summed E-state index contributed by atoms with van der Waals surface area (Å²) in [6.45, 7) is 6.31. The monoisotopic (exact) mass is 254 g/mol. The van der Waals surface area contributed by atoms with Crippen molar-refractivity contribution in [1.29, 1.82) is 0 Å². The molecule has 1 aromatic heterocycles. The van der Waals surface area contributed by atoms with Gasteiger partial charge in [0.25, 0.3) is 0 Å². The van der Waals surface area contributed by atoms with Crippen LogP contribution in [0.3, 0.4) is 0 Å². The maximum atomic E-state index is 13.3. The van der Waals surface area contributed by atoms with Crippen LogP contribution in [0, 0.1) is 5.82 Å². The number of imidazole rings is 1. The predicted octanol–water partition coefficient (Wildman–Crippen LogP) is 4.06. The summed E-state index contributed by atoms with van der Waals surface area (Å²) in [6, 6.07) is 4.65. The summed E-state index contributed by atoms with van der Waals surface area (Å²) in [5.41, 5.74) is 1.49. The largest absolute Gasteiger partial charge is 0.321 e. The van der Waals surface area contributed by atoms with Gasteiger partial charge in [-0.3, -0.25) is 0 Å². The normalized spacial score (nSPS) is 12.3. The Hall–Kier alpha value is -1.09. The highest BCUT2D eigenvalue weighted by molar-refractivity contribution is 6.16. The molecule has 2 aromatic rings. The van der Waals surface area contributed by atoms with Crippen molar-refractivity contribution in [3.05, 3.63) is 29.8 Å². The topological polar surface area (TPSA) is 17.8 Å². The van der Waals surface area contributed by atoms with Crippen molar-refractivity contribution < 1.29 is 4.39 Å².